The highest BCUT2D eigenvalue weighted by Gasteiger charge is 2.19. The molecular formula is C19H27N3OS. The Labute approximate surface area is 148 Å². The molecule has 2 aromatic rings. The monoisotopic (exact) mass is 345 g/mol. The summed E-state index contributed by atoms with van der Waals surface area (Å²) < 4.78 is 1.23. The summed E-state index contributed by atoms with van der Waals surface area (Å²) in [5.74, 6) is 0.199. The van der Waals surface area contributed by atoms with Gasteiger partial charge in [-0.1, -0.05) is 19.1 Å². The first-order valence-corrected chi connectivity index (χ1v) is 9.92. The number of thiazole rings is 1. The van der Waals surface area contributed by atoms with E-state index < -0.39 is 0 Å². The van der Waals surface area contributed by atoms with Gasteiger partial charge in [-0.05, 0) is 50.8 Å². The zero-order valence-electron chi connectivity index (χ0n) is 14.5. The number of carbonyl (C=O) groups is 1. The van der Waals surface area contributed by atoms with Gasteiger partial charge in [0.05, 0.1) is 15.2 Å². The number of hydrogen-bond donors (Lipinski definition) is 1. The van der Waals surface area contributed by atoms with Gasteiger partial charge in [0.15, 0.2) is 0 Å². The van der Waals surface area contributed by atoms with Crippen molar-refractivity contribution in [1.82, 2.24) is 15.2 Å². The maximum Gasteiger partial charge on any atom is 0.220 e. The topological polar surface area (TPSA) is 45.2 Å². The molecule has 0 saturated carbocycles. The molecule has 1 aromatic heterocycles. The third kappa shape index (κ3) is 4.77. The molecule has 24 heavy (non-hydrogen) atoms. The normalized spacial score (nSPS) is 16.5. The number of likely N-dealkylation sites (tertiary alicyclic amines) is 1. The smallest absolute Gasteiger partial charge is 0.220 e. The van der Waals surface area contributed by atoms with E-state index in [2.05, 4.69) is 28.2 Å². The maximum atomic E-state index is 12.1. The standard InChI is InChI=1S/C19H27N3OS/c1-2-12-22-13-10-15(11-14-22)20-18(23)8-5-9-19-21-16-6-3-4-7-17(16)24-19/h3-4,6-7,15H,2,5,8-14H2,1H3,(H,20,23). The van der Waals surface area contributed by atoms with Crippen molar-refractivity contribution in [2.75, 3.05) is 19.6 Å². The molecule has 0 spiro atoms. The van der Waals surface area contributed by atoms with Crippen LogP contribution in [0.3, 0.4) is 0 Å². The van der Waals surface area contributed by atoms with Crippen LogP contribution in [0, 0.1) is 0 Å². The molecule has 0 bridgehead atoms. The average molecular weight is 346 g/mol. The zero-order chi connectivity index (χ0) is 16.8. The number of amides is 1. The highest BCUT2D eigenvalue weighted by molar-refractivity contribution is 7.18. The largest absolute Gasteiger partial charge is 0.353 e. The number of para-hydroxylation sites is 1. The lowest BCUT2D eigenvalue weighted by atomic mass is 10.0. The Bertz CT molecular complexity index is 628. The number of hydrogen-bond acceptors (Lipinski definition) is 4. The fourth-order valence-electron chi connectivity index (χ4n) is 3.34. The first kappa shape index (κ1) is 17.4. The van der Waals surface area contributed by atoms with Crippen molar-refractivity contribution in [2.45, 2.75) is 51.5 Å². The van der Waals surface area contributed by atoms with Crippen molar-refractivity contribution in [3.05, 3.63) is 29.3 Å². The molecule has 1 aliphatic heterocycles. The van der Waals surface area contributed by atoms with Crippen molar-refractivity contribution in [3.63, 3.8) is 0 Å². The van der Waals surface area contributed by atoms with Crippen molar-refractivity contribution in [1.29, 1.82) is 0 Å². The second-order valence-electron chi connectivity index (χ2n) is 6.61. The fourth-order valence-corrected chi connectivity index (χ4v) is 4.35. The summed E-state index contributed by atoms with van der Waals surface area (Å²) in [4.78, 5) is 19.3. The molecule has 3 rings (SSSR count). The van der Waals surface area contributed by atoms with Crippen LogP contribution in [-0.4, -0.2) is 41.5 Å². The van der Waals surface area contributed by atoms with Crippen molar-refractivity contribution >= 4 is 27.5 Å². The lowest BCUT2D eigenvalue weighted by molar-refractivity contribution is -0.122. The van der Waals surface area contributed by atoms with E-state index >= 15 is 0 Å². The number of nitrogens with one attached hydrogen (secondary N) is 1. The summed E-state index contributed by atoms with van der Waals surface area (Å²) in [5.41, 5.74) is 1.07. The van der Waals surface area contributed by atoms with Crippen LogP contribution in [0.2, 0.25) is 0 Å². The predicted molar refractivity (Wildman–Crippen MR) is 100 cm³/mol. The first-order chi connectivity index (χ1) is 11.7. The van der Waals surface area contributed by atoms with Gasteiger partial charge in [-0.3, -0.25) is 4.79 Å². The van der Waals surface area contributed by atoms with E-state index in [-0.39, 0.29) is 5.91 Å². The van der Waals surface area contributed by atoms with Crippen molar-refractivity contribution < 1.29 is 4.79 Å². The van der Waals surface area contributed by atoms with E-state index in [1.165, 1.54) is 17.7 Å². The Hall–Kier alpha value is -1.46. The molecule has 0 aliphatic carbocycles. The van der Waals surface area contributed by atoms with Gasteiger partial charge in [0.2, 0.25) is 5.91 Å². The van der Waals surface area contributed by atoms with Gasteiger partial charge in [-0.2, -0.15) is 0 Å². The molecule has 4 nitrogen and oxygen atoms in total. The molecule has 5 heteroatoms. The van der Waals surface area contributed by atoms with Gasteiger partial charge in [-0.15, -0.1) is 11.3 Å². The number of rotatable bonds is 7. The Morgan fingerprint density at radius 3 is 2.88 bits per heavy atom. The fraction of sp³-hybridized carbons (Fsp3) is 0.579. The molecule has 1 fully saturated rings. The van der Waals surface area contributed by atoms with Crippen LogP contribution >= 0.6 is 11.3 Å². The summed E-state index contributed by atoms with van der Waals surface area (Å²) in [5, 5.41) is 4.35. The third-order valence-electron chi connectivity index (χ3n) is 4.63. The quantitative estimate of drug-likeness (QED) is 0.834. The molecule has 0 atom stereocenters. The van der Waals surface area contributed by atoms with Gasteiger partial charge < -0.3 is 10.2 Å². The summed E-state index contributed by atoms with van der Waals surface area (Å²) in [6, 6.07) is 8.59. The molecule has 1 aliphatic rings. The third-order valence-corrected chi connectivity index (χ3v) is 5.72. The maximum absolute atomic E-state index is 12.1. The Balaban J connectivity index is 1.37. The number of aryl methyl sites for hydroxylation is 1. The van der Waals surface area contributed by atoms with Crippen molar-refractivity contribution in [3.8, 4) is 0 Å². The van der Waals surface area contributed by atoms with Gasteiger partial charge in [-0.25, -0.2) is 4.98 Å². The SMILES string of the molecule is CCCN1CCC(NC(=O)CCCc2nc3ccccc3s2)CC1. The van der Waals surface area contributed by atoms with Crippen LogP contribution in [0.5, 0.6) is 0 Å². The van der Waals surface area contributed by atoms with Crippen LogP contribution in [0.4, 0.5) is 0 Å². The summed E-state index contributed by atoms with van der Waals surface area (Å²) in [7, 11) is 0. The highest BCUT2D eigenvalue weighted by Crippen LogP contribution is 2.22. The van der Waals surface area contributed by atoms with E-state index in [4.69, 9.17) is 0 Å². The Morgan fingerprint density at radius 1 is 1.33 bits per heavy atom. The van der Waals surface area contributed by atoms with E-state index in [0.717, 1.165) is 49.3 Å². The highest BCUT2D eigenvalue weighted by atomic mass is 32.1. The molecule has 1 aromatic carbocycles. The molecule has 130 valence electrons. The molecule has 1 N–H and O–H groups in total. The Morgan fingerprint density at radius 2 is 2.12 bits per heavy atom. The summed E-state index contributed by atoms with van der Waals surface area (Å²) in [6.45, 7) is 5.64. The minimum Gasteiger partial charge on any atom is -0.353 e. The zero-order valence-corrected chi connectivity index (χ0v) is 15.3. The van der Waals surface area contributed by atoms with E-state index in [1.54, 1.807) is 11.3 Å². The molecule has 0 radical (unpaired) electrons. The van der Waals surface area contributed by atoms with E-state index in [9.17, 15) is 4.79 Å². The molecule has 0 unspecified atom stereocenters. The van der Waals surface area contributed by atoms with Crippen LogP contribution in [0.15, 0.2) is 24.3 Å². The van der Waals surface area contributed by atoms with Crippen LogP contribution in [0.25, 0.3) is 10.2 Å². The number of fused-ring (bicyclic) bond motifs is 1. The minimum atomic E-state index is 0.199. The van der Waals surface area contributed by atoms with Crippen LogP contribution < -0.4 is 5.32 Å². The molecule has 1 saturated heterocycles. The van der Waals surface area contributed by atoms with Gasteiger partial charge >= 0.3 is 0 Å². The van der Waals surface area contributed by atoms with Crippen molar-refractivity contribution in [2.24, 2.45) is 0 Å². The van der Waals surface area contributed by atoms with Crippen LogP contribution in [0.1, 0.15) is 44.0 Å². The summed E-state index contributed by atoms with van der Waals surface area (Å²) in [6.07, 6.45) is 5.75. The van der Waals surface area contributed by atoms with Crippen LogP contribution in [-0.2, 0) is 11.2 Å². The lowest BCUT2D eigenvalue weighted by Gasteiger charge is -2.32. The number of benzene rings is 1. The number of piperidine rings is 1. The number of aromatic nitrogens is 1. The Kier molecular flexibility index (Phi) is 6.21. The lowest BCUT2D eigenvalue weighted by Crippen LogP contribution is -2.44. The summed E-state index contributed by atoms with van der Waals surface area (Å²) >= 11 is 1.74. The van der Waals surface area contributed by atoms with E-state index in [1.807, 2.05) is 18.2 Å². The van der Waals surface area contributed by atoms with Gasteiger partial charge in [0.25, 0.3) is 0 Å². The molecule has 2 heterocycles. The average Bonchev–Trinajstić information content (AvgIpc) is 2.99. The second kappa shape index (κ2) is 8.58. The first-order valence-electron chi connectivity index (χ1n) is 9.11. The van der Waals surface area contributed by atoms with Gasteiger partial charge in [0, 0.05) is 25.6 Å². The molecule has 1 amide bonds. The molecular weight excluding hydrogens is 318 g/mol. The number of carbonyl (C=O) groups excluding carboxylic acids is 1. The predicted octanol–water partition coefficient (Wildman–Crippen LogP) is 3.61. The van der Waals surface area contributed by atoms with E-state index in [0.29, 0.717) is 12.5 Å². The van der Waals surface area contributed by atoms with Gasteiger partial charge in [0.1, 0.15) is 0 Å². The number of nitrogens with zero attached hydrogens (tertiary/aromatic N) is 2. The second-order valence-corrected chi connectivity index (χ2v) is 7.73. The minimum absolute atomic E-state index is 0.199.